The Morgan fingerprint density at radius 1 is 0.962 bits per heavy atom. The van der Waals surface area contributed by atoms with Crippen LogP contribution in [0.4, 0.5) is 8.78 Å². The molecule has 0 atom stereocenters. The lowest BCUT2D eigenvalue weighted by Crippen LogP contribution is -2.01. The number of pyridine rings is 2. The van der Waals surface area contributed by atoms with Crippen LogP contribution in [0.25, 0.3) is 27.8 Å². The van der Waals surface area contributed by atoms with Gasteiger partial charge in [0.1, 0.15) is 16.3 Å². The molecule has 4 rings (SSSR count). The van der Waals surface area contributed by atoms with Crippen molar-refractivity contribution in [1.29, 1.82) is 0 Å². The Kier molecular flexibility index (Phi) is 4.30. The first kappa shape index (κ1) is 16.9. The van der Waals surface area contributed by atoms with E-state index in [-0.39, 0.29) is 5.69 Å². The maximum absolute atomic E-state index is 14.2. The summed E-state index contributed by atoms with van der Waals surface area (Å²) < 4.78 is 28.7. The summed E-state index contributed by atoms with van der Waals surface area (Å²) in [7, 11) is 0. The van der Waals surface area contributed by atoms with Crippen LogP contribution >= 0.6 is 23.2 Å². The number of hydrogen-bond acceptors (Lipinski definition) is 3. The van der Waals surface area contributed by atoms with Gasteiger partial charge in [-0.1, -0.05) is 0 Å². The fourth-order valence-corrected chi connectivity index (χ4v) is 3.19. The molecule has 0 saturated carbocycles. The van der Waals surface area contributed by atoms with Gasteiger partial charge in [0.25, 0.3) is 0 Å². The van der Waals surface area contributed by atoms with E-state index in [1.807, 2.05) is 0 Å². The van der Waals surface area contributed by atoms with Crippen molar-refractivity contribution in [2.45, 2.75) is 4.84 Å². The molecule has 0 N–H and O–H groups in total. The topological polar surface area (TPSA) is 43.6 Å². The van der Waals surface area contributed by atoms with E-state index in [1.54, 1.807) is 36.9 Å². The molecule has 8 heteroatoms. The average molecular weight is 391 g/mol. The largest absolute Gasteiger partial charge is 0.264 e. The molecule has 3 aromatic heterocycles. The van der Waals surface area contributed by atoms with Gasteiger partial charge < -0.3 is 0 Å². The van der Waals surface area contributed by atoms with Crippen LogP contribution in [-0.2, 0) is 0 Å². The average Bonchev–Trinajstić information content (AvgIpc) is 3.05. The highest BCUT2D eigenvalue weighted by atomic mass is 35.5. The third kappa shape index (κ3) is 2.81. The Bertz CT molecular complexity index is 1110. The van der Waals surface area contributed by atoms with Crippen LogP contribution in [0.3, 0.4) is 0 Å². The van der Waals surface area contributed by atoms with Crippen molar-refractivity contribution in [3.05, 3.63) is 72.3 Å². The fraction of sp³-hybridized carbons (Fsp3) is 0.0556. The van der Waals surface area contributed by atoms with Crippen LogP contribution in [0.1, 0.15) is 10.4 Å². The summed E-state index contributed by atoms with van der Waals surface area (Å²) in [5.74, 6) is -1.39. The van der Waals surface area contributed by atoms with Gasteiger partial charge in [-0.15, -0.1) is 23.2 Å². The number of alkyl halides is 2. The minimum atomic E-state index is -0.735. The van der Waals surface area contributed by atoms with E-state index in [4.69, 9.17) is 23.2 Å². The molecule has 0 aliphatic rings. The Labute approximate surface area is 157 Å². The second kappa shape index (κ2) is 6.63. The van der Waals surface area contributed by atoms with Gasteiger partial charge in [-0.25, -0.2) is 18.4 Å². The molecular formula is C18H10Cl2F2N4. The van der Waals surface area contributed by atoms with Gasteiger partial charge in [0.15, 0.2) is 11.5 Å². The summed E-state index contributed by atoms with van der Waals surface area (Å²) in [4.78, 5) is 7.69. The lowest BCUT2D eigenvalue weighted by Gasteiger charge is -2.10. The number of hydrogen-bond donors (Lipinski definition) is 0. The molecule has 0 amide bonds. The zero-order valence-corrected chi connectivity index (χ0v) is 14.6. The lowest BCUT2D eigenvalue weighted by atomic mass is 10.0. The van der Waals surface area contributed by atoms with E-state index in [9.17, 15) is 8.78 Å². The van der Waals surface area contributed by atoms with Crippen LogP contribution < -0.4 is 0 Å². The second-order valence-corrected chi connectivity index (χ2v) is 6.61. The first-order chi connectivity index (χ1) is 12.6. The standard InChI is InChI=1S/C18H10Cl2F2N4/c19-17(20)12-3-5-23-8-13(12)11-4-6-24-18-14(11)9-25-26(18)16-2-1-10(21)7-15(16)22/h1-9,17H. The SMILES string of the molecule is Fc1ccc(-n2ncc3c(-c4cnccc4C(Cl)Cl)ccnc32)c(F)c1. The molecule has 0 aliphatic carbocycles. The van der Waals surface area contributed by atoms with Crippen molar-refractivity contribution in [3.8, 4) is 16.8 Å². The van der Waals surface area contributed by atoms with Crippen molar-refractivity contribution in [2.75, 3.05) is 0 Å². The molecule has 4 nitrogen and oxygen atoms in total. The molecule has 3 heterocycles. The van der Waals surface area contributed by atoms with Crippen molar-refractivity contribution in [3.63, 3.8) is 0 Å². The second-order valence-electron chi connectivity index (χ2n) is 5.51. The molecule has 0 fully saturated rings. The molecule has 0 bridgehead atoms. The molecule has 0 unspecified atom stereocenters. The molecule has 0 saturated heterocycles. The van der Waals surface area contributed by atoms with E-state index in [0.717, 1.165) is 17.2 Å². The van der Waals surface area contributed by atoms with Crippen LogP contribution in [-0.4, -0.2) is 19.7 Å². The van der Waals surface area contributed by atoms with E-state index in [0.29, 0.717) is 16.6 Å². The number of halogens is 4. The van der Waals surface area contributed by atoms with Crippen molar-refractivity contribution < 1.29 is 8.78 Å². The summed E-state index contributed by atoms with van der Waals surface area (Å²) >= 11 is 12.1. The van der Waals surface area contributed by atoms with E-state index in [1.165, 1.54) is 16.8 Å². The highest BCUT2D eigenvalue weighted by Crippen LogP contribution is 2.36. The monoisotopic (exact) mass is 390 g/mol. The van der Waals surface area contributed by atoms with Gasteiger partial charge in [-0.3, -0.25) is 4.98 Å². The number of nitrogens with zero attached hydrogens (tertiary/aromatic N) is 4. The Balaban J connectivity index is 1.95. The van der Waals surface area contributed by atoms with Crippen LogP contribution in [0.15, 0.2) is 55.1 Å². The molecule has 0 aliphatic heterocycles. The predicted molar refractivity (Wildman–Crippen MR) is 96.5 cm³/mol. The molecule has 26 heavy (non-hydrogen) atoms. The zero-order valence-electron chi connectivity index (χ0n) is 13.1. The zero-order chi connectivity index (χ0) is 18.3. The Hall–Kier alpha value is -2.57. The van der Waals surface area contributed by atoms with Crippen molar-refractivity contribution >= 4 is 34.2 Å². The first-order valence-electron chi connectivity index (χ1n) is 7.57. The molecule has 4 aromatic rings. The molecule has 1 aromatic carbocycles. The van der Waals surface area contributed by atoms with Gasteiger partial charge >= 0.3 is 0 Å². The third-order valence-corrected chi connectivity index (χ3v) is 4.46. The minimum absolute atomic E-state index is 0.102. The van der Waals surface area contributed by atoms with Gasteiger partial charge in [0.2, 0.25) is 0 Å². The summed E-state index contributed by atoms with van der Waals surface area (Å²) in [6, 6.07) is 6.80. The summed E-state index contributed by atoms with van der Waals surface area (Å²) in [6.07, 6.45) is 6.39. The Morgan fingerprint density at radius 2 is 1.81 bits per heavy atom. The highest BCUT2D eigenvalue weighted by Gasteiger charge is 2.17. The van der Waals surface area contributed by atoms with E-state index >= 15 is 0 Å². The lowest BCUT2D eigenvalue weighted by molar-refractivity contribution is 0.574. The number of benzene rings is 1. The third-order valence-electron chi connectivity index (χ3n) is 3.99. The number of rotatable bonds is 3. The summed E-state index contributed by atoms with van der Waals surface area (Å²) in [6.45, 7) is 0. The van der Waals surface area contributed by atoms with Gasteiger partial charge in [-0.05, 0) is 35.4 Å². The van der Waals surface area contributed by atoms with Crippen molar-refractivity contribution in [2.24, 2.45) is 0 Å². The predicted octanol–water partition coefficient (Wildman–Crippen LogP) is 5.24. The van der Waals surface area contributed by atoms with E-state index < -0.39 is 16.5 Å². The normalized spacial score (nSPS) is 11.4. The van der Waals surface area contributed by atoms with Crippen LogP contribution in [0.2, 0.25) is 0 Å². The molecule has 0 spiro atoms. The highest BCUT2D eigenvalue weighted by molar-refractivity contribution is 6.44. The van der Waals surface area contributed by atoms with Gasteiger partial charge in [0.05, 0.1) is 6.20 Å². The maximum Gasteiger partial charge on any atom is 0.163 e. The Morgan fingerprint density at radius 3 is 2.58 bits per heavy atom. The van der Waals surface area contributed by atoms with Crippen LogP contribution in [0, 0.1) is 11.6 Å². The summed E-state index contributed by atoms with van der Waals surface area (Å²) in [5.41, 5.74) is 2.71. The molecular weight excluding hydrogens is 381 g/mol. The minimum Gasteiger partial charge on any atom is -0.264 e. The first-order valence-corrected chi connectivity index (χ1v) is 8.44. The van der Waals surface area contributed by atoms with Crippen molar-refractivity contribution in [1.82, 2.24) is 19.7 Å². The number of aromatic nitrogens is 4. The molecule has 0 radical (unpaired) electrons. The fourth-order valence-electron chi connectivity index (χ4n) is 2.81. The number of fused-ring (bicyclic) bond motifs is 1. The van der Waals surface area contributed by atoms with E-state index in [2.05, 4.69) is 15.1 Å². The van der Waals surface area contributed by atoms with Gasteiger partial charge in [0, 0.05) is 35.6 Å². The van der Waals surface area contributed by atoms with Crippen LogP contribution in [0.5, 0.6) is 0 Å². The molecule has 130 valence electrons. The maximum atomic E-state index is 14.2. The van der Waals surface area contributed by atoms with Gasteiger partial charge in [-0.2, -0.15) is 5.10 Å². The smallest absolute Gasteiger partial charge is 0.163 e. The quantitative estimate of drug-likeness (QED) is 0.449. The summed E-state index contributed by atoms with van der Waals surface area (Å²) in [5, 5.41) is 4.89.